The standard InChI is InChI=1S/C7H6O.C2H6O.CH3NO/c8-6-7-4-2-1-3-5-7;1-3-2;1-2-3/h1-6H;1-2H3;3H,1H2. The van der Waals surface area contributed by atoms with E-state index in [4.69, 9.17) is 5.21 Å². The predicted octanol–water partition coefficient (Wildman–Crippen LogP) is 1.84. The van der Waals surface area contributed by atoms with Gasteiger partial charge in [-0.3, -0.25) is 4.79 Å². The highest BCUT2D eigenvalue weighted by Crippen LogP contribution is 1.91. The SMILES string of the molecule is C=NO.COC.O=Cc1ccccc1. The Kier molecular flexibility index (Phi) is 14.7. The molecule has 0 aromatic heterocycles. The van der Waals surface area contributed by atoms with E-state index in [0.29, 0.717) is 0 Å². The molecule has 4 nitrogen and oxygen atoms in total. The van der Waals surface area contributed by atoms with Crippen LogP contribution in [0.4, 0.5) is 0 Å². The molecular formula is C10H15NO3. The highest BCUT2D eigenvalue weighted by Gasteiger charge is 1.79. The van der Waals surface area contributed by atoms with E-state index in [1.165, 1.54) is 0 Å². The van der Waals surface area contributed by atoms with Crippen molar-refractivity contribution in [1.82, 2.24) is 0 Å². The Morgan fingerprint density at radius 3 is 1.93 bits per heavy atom. The molecule has 4 heteroatoms. The minimum Gasteiger partial charge on any atom is -0.411 e. The van der Waals surface area contributed by atoms with Crippen LogP contribution in [-0.2, 0) is 4.74 Å². The molecule has 1 rings (SSSR count). The quantitative estimate of drug-likeness (QED) is 0.323. The van der Waals surface area contributed by atoms with Gasteiger partial charge in [0.1, 0.15) is 6.29 Å². The van der Waals surface area contributed by atoms with Gasteiger partial charge in [-0.1, -0.05) is 30.3 Å². The highest BCUT2D eigenvalue weighted by molar-refractivity contribution is 5.74. The first-order chi connectivity index (χ1) is 6.76. The van der Waals surface area contributed by atoms with Crippen molar-refractivity contribution in [2.75, 3.05) is 14.2 Å². The maximum Gasteiger partial charge on any atom is 0.150 e. The van der Waals surface area contributed by atoms with Crippen molar-refractivity contribution in [2.45, 2.75) is 0 Å². The molecule has 0 aliphatic heterocycles. The first-order valence-electron chi connectivity index (χ1n) is 3.77. The number of carbonyl (C=O) groups excluding carboxylic acids is 1. The maximum atomic E-state index is 10.0. The van der Waals surface area contributed by atoms with Gasteiger partial charge < -0.3 is 9.94 Å². The number of methoxy groups -OCH3 is 1. The number of hydrogen-bond donors (Lipinski definition) is 1. The lowest BCUT2D eigenvalue weighted by Crippen LogP contribution is -1.73. The van der Waals surface area contributed by atoms with Gasteiger partial charge in [-0.05, 0) is 0 Å². The lowest BCUT2D eigenvalue weighted by atomic mass is 10.2. The van der Waals surface area contributed by atoms with Crippen LogP contribution in [-0.4, -0.2) is 32.4 Å². The average molecular weight is 197 g/mol. The molecule has 1 aromatic carbocycles. The van der Waals surface area contributed by atoms with Gasteiger partial charge in [0.2, 0.25) is 0 Å². The van der Waals surface area contributed by atoms with Crippen molar-refractivity contribution < 1.29 is 14.7 Å². The lowest BCUT2D eigenvalue weighted by molar-refractivity contribution is 0.112. The third kappa shape index (κ3) is 12.9. The second kappa shape index (κ2) is 13.9. The fourth-order valence-corrected chi connectivity index (χ4v) is 0.532. The summed E-state index contributed by atoms with van der Waals surface area (Å²) in [4.78, 5) is 10.0. The van der Waals surface area contributed by atoms with Crippen molar-refractivity contribution in [1.29, 1.82) is 0 Å². The smallest absolute Gasteiger partial charge is 0.150 e. The molecule has 0 fully saturated rings. The first kappa shape index (κ1) is 14.8. The molecule has 0 radical (unpaired) electrons. The lowest BCUT2D eigenvalue weighted by Gasteiger charge is -1.81. The van der Waals surface area contributed by atoms with E-state index in [0.717, 1.165) is 11.8 Å². The molecule has 0 saturated heterocycles. The van der Waals surface area contributed by atoms with Crippen LogP contribution in [0.2, 0.25) is 0 Å². The maximum absolute atomic E-state index is 10.0. The van der Waals surface area contributed by atoms with Gasteiger partial charge in [0.05, 0.1) is 0 Å². The number of nitrogens with zero attached hydrogens (tertiary/aromatic N) is 1. The molecule has 1 N–H and O–H groups in total. The fraction of sp³-hybridized carbons (Fsp3) is 0.200. The van der Waals surface area contributed by atoms with E-state index in [2.05, 4.69) is 16.6 Å². The van der Waals surface area contributed by atoms with E-state index >= 15 is 0 Å². The molecular weight excluding hydrogens is 182 g/mol. The second-order valence-corrected chi connectivity index (χ2v) is 2.08. The van der Waals surface area contributed by atoms with Crippen LogP contribution in [0.3, 0.4) is 0 Å². The Hall–Kier alpha value is -1.68. The van der Waals surface area contributed by atoms with Crippen LogP contribution in [0.1, 0.15) is 10.4 Å². The number of oxime groups is 1. The molecule has 0 amide bonds. The monoisotopic (exact) mass is 197 g/mol. The minimum atomic E-state index is 0.729. The normalized spacial score (nSPS) is 7.00. The molecule has 0 saturated carbocycles. The molecule has 0 atom stereocenters. The van der Waals surface area contributed by atoms with Gasteiger partial charge in [0.25, 0.3) is 0 Å². The van der Waals surface area contributed by atoms with E-state index in [9.17, 15) is 4.79 Å². The topological polar surface area (TPSA) is 58.9 Å². The summed E-state index contributed by atoms with van der Waals surface area (Å²) in [5.41, 5.74) is 0.729. The van der Waals surface area contributed by atoms with Crippen LogP contribution >= 0.6 is 0 Å². The molecule has 0 aliphatic carbocycles. The predicted molar refractivity (Wildman–Crippen MR) is 56.1 cm³/mol. The van der Waals surface area contributed by atoms with Gasteiger partial charge >= 0.3 is 0 Å². The van der Waals surface area contributed by atoms with E-state index in [1.54, 1.807) is 26.4 Å². The van der Waals surface area contributed by atoms with E-state index in [1.807, 2.05) is 18.2 Å². The van der Waals surface area contributed by atoms with Crippen LogP contribution in [0.25, 0.3) is 0 Å². The first-order valence-corrected chi connectivity index (χ1v) is 3.77. The summed E-state index contributed by atoms with van der Waals surface area (Å²) in [6, 6.07) is 9.10. The van der Waals surface area contributed by atoms with Crippen LogP contribution in [0.5, 0.6) is 0 Å². The number of carbonyl (C=O) groups is 1. The van der Waals surface area contributed by atoms with E-state index in [-0.39, 0.29) is 0 Å². The number of aldehydes is 1. The zero-order valence-electron chi connectivity index (χ0n) is 8.38. The molecule has 0 spiro atoms. The molecule has 78 valence electrons. The van der Waals surface area contributed by atoms with Gasteiger partial charge in [-0.25, -0.2) is 0 Å². The van der Waals surface area contributed by atoms with Crippen LogP contribution in [0.15, 0.2) is 35.5 Å². The van der Waals surface area contributed by atoms with Gasteiger partial charge in [-0.2, -0.15) is 0 Å². The van der Waals surface area contributed by atoms with Crippen molar-refractivity contribution in [3.05, 3.63) is 35.9 Å². The summed E-state index contributed by atoms with van der Waals surface area (Å²) in [6.45, 7) is 2.67. The largest absolute Gasteiger partial charge is 0.411 e. The Morgan fingerprint density at radius 1 is 1.36 bits per heavy atom. The third-order valence-corrected chi connectivity index (χ3v) is 0.936. The fourth-order valence-electron chi connectivity index (χ4n) is 0.532. The zero-order valence-corrected chi connectivity index (χ0v) is 8.38. The molecule has 14 heavy (non-hydrogen) atoms. The summed E-state index contributed by atoms with van der Waals surface area (Å²) in [7, 11) is 3.25. The Bertz CT molecular complexity index is 224. The summed E-state index contributed by atoms with van der Waals surface area (Å²) < 4.78 is 4.25. The Balaban J connectivity index is 0. The van der Waals surface area contributed by atoms with Crippen molar-refractivity contribution >= 4 is 13.0 Å². The Labute approximate surface area is 83.8 Å². The molecule has 0 unspecified atom stereocenters. The number of hydrogen-bond acceptors (Lipinski definition) is 4. The number of benzene rings is 1. The summed E-state index contributed by atoms with van der Waals surface area (Å²) in [5.74, 6) is 0. The molecule has 1 aromatic rings. The third-order valence-electron chi connectivity index (χ3n) is 0.936. The molecule has 0 heterocycles. The number of ether oxygens (including phenoxy) is 1. The van der Waals surface area contributed by atoms with E-state index < -0.39 is 0 Å². The zero-order chi connectivity index (χ0) is 11.2. The van der Waals surface area contributed by atoms with Gasteiger partial charge in [-0.15, -0.1) is 5.16 Å². The van der Waals surface area contributed by atoms with Gasteiger partial charge in [0.15, 0.2) is 0 Å². The number of rotatable bonds is 1. The molecule has 0 bridgehead atoms. The van der Waals surface area contributed by atoms with Gasteiger partial charge in [0, 0.05) is 26.5 Å². The minimum absolute atomic E-state index is 0.729. The van der Waals surface area contributed by atoms with Crippen molar-refractivity contribution in [3.8, 4) is 0 Å². The summed E-state index contributed by atoms with van der Waals surface area (Å²) >= 11 is 0. The molecule has 0 aliphatic rings. The van der Waals surface area contributed by atoms with Crippen molar-refractivity contribution in [3.63, 3.8) is 0 Å². The Morgan fingerprint density at radius 2 is 1.71 bits per heavy atom. The van der Waals surface area contributed by atoms with Crippen LogP contribution < -0.4 is 0 Å². The second-order valence-electron chi connectivity index (χ2n) is 2.08. The van der Waals surface area contributed by atoms with Crippen molar-refractivity contribution in [2.24, 2.45) is 5.16 Å². The highest BCUT2D eigenvalue weighted by atomic mass is 16.4. The average Bonchev–Trinajstić information content (AvgIpc) is 2.21. The van der Waals surface area contributed by atoms with Crippen LogP contribution in [0, 0.1) is 0 Å². The summed E-state index contributed by atoms with van der Waals surface area (Å²) in [5, 5.41) is 9.33. The summed E-state index contributed by atoms with van der Waals surface area (Å²) in [6.07, 6.45) is 0.833.